The molecule has 0 saturated heterocycles. The first-order valence-corrected chi connectivity index (χ1v) is 9.75. The SMILES string of the molecule is CCc1cccc(NC(=O)CNc2ccc(C(=O)Nc3ccc(OC)cc3)cc2)c1. The largest absolute Gasteiger partial charge is 0.497 e. The number of carbonyl (C=O) groups is 2. The molecule has 6 nitrogen and oxygen atoms in total. The summed E-state index contributed by atoms with van der Waals surface area (Å²) in [5.74, 6) is 0.385. The maximum absolute atomic E-state index is 12.4. The van der Waals surface area contributed by atoms with E-state index in [1.165, 1.54) is 5.56 Å². The highest BCUT2D eigenvalue weighted by Gasteiger charge is 2.07. The van der Waals surface area contributed by atoms with Gasteiger partial charge in [-0.2, -0.15) is 0 Å². The predicted molar refractivity (Wildman–Crippen MR) is 120 cm³/mol. The third-order valence-electron chi connectivity index (χ3n) is 4.57. The minimum Gasteiger partial charge on any atom is -0.497 e. The zero-order chi connectivity index (χ0) is 21.3. The molecule has 0 aliphatic carbocycles. The Labute approximate surface area is 176 Å². The van der Waals surface area contributed by atoms with Crippen molar-refractivity contribution >= 4 is 28.9 Å². The van der Waals surface area contributed by atoms with Gasteiger partial charge in [-0.1, -0.05) is 19.1 Å². The molecule has 30 heavy (non-hydrogen) atoms. The zero-order valence-electron chi connectivity index (χ0n) is 17.1. The van der Waals surface area contributed by atoms with Crippen LogP contribution in [0.2, 0.25) is 0 Å². The Hall–Kier alpha value is -3.80. The molecule has 0 aliphatic rings. The quantitative estimate of drug-likeness (QED) is 0.515. The average molecular weight is 403 g/mol. The van der Waals surface area contributed by atoms with Gasteiger partial charge >= 0.3 is 0 Å². The molecule has 0 spiro atoms. The molecule has 2 amide bonds. The van der Waals surface area contributed by atoms with E-state index < -0.39 is 0 Å². The van der Waals surface area contributed by atoms with E-state index in [4.69, 9.17) is 4.74 Å². The van der Waals surface area contributed by atoms with Crippen molar-refractivity contribution < 1.29 is 14.3 Å². The zero-order valence-corrected chi connectivity index (χ0v) is 17.1. The number of nitrogens with one attached hydrogen (secondary N) is 3. The fraction of sp³-hybridized carbons (Fsp3) is 0.167. The monoisotopic (exact) mass is 403 g/mol. The Balaban J connectivity index is 1.50. The van der Waals surface area contributed by atoms with Gasteiger partial charge in [0.15, 0.2) is 0 Å². The minimum atomic E-state index is -0.208. The van der Waals surface area contributed by atoms with Gasteiger partial charge < -0.3 is 20.7 Å². The van der Waals surface area contributed by atoms with Gasteiger partial charge in [-0.15, -0.1) is 0 Å². The summed E-state index contributed by atoms with van der Waals surface area (Å²) in [6, 6.07) is 21.9. The van der Waals surface area contributed by atoms with Gasteiger partial charge in [0.25, 0.3) is 5.91 Å². The van der Waals surface area contributed by atoms with E-state index in [1.54, 1.807) is 55.6 Å². The molecule has 0 saturated carbocycles. The lowest BCUT2D eigenvalue weighted by molar-refractivity contribution is -0.114. The topological polar surface area (TPSA) is 79.5 Å². The van der Waals surface area contributed by atoms with Crippen LogP contribution in [0.25, 0.3) is 0 Å². The van der Waals surface area contributed by atoms with Crippen LogP contribution in [0.1, 0.15) is 22.8 Å². The number of hydrogen-bond donors (Lipinski definition) is 3. The van der Waals surface area contributed by atoms with E-state index in [0.717, 1.165) is 23.5 Å². The second-order valence-corrected chi connectivity index (χ2v) is 6.72. The van der Waals surface area contributed by atoms with Crippen LogP contribution in [-0.4, -0.2) is 25.5 Å². The Kier molecular flexibility index (Phi) is 7.05. The normalized spacial score (nSPS) is 10.2. The van der Waals surface area contributed by atoms with Crippen LogP contribution in [0.4, 0.5) is 17.1 Å². The molecule has 3 aromatic rings. The van der Waals surface area contributed by atoms with Crippen molar-refractivity contribution in [1.29, 1.82) is 0 Å². The third-order valence-corrected chi connectivity index (χ3v) is 4.57. The van der Waals surface area contributed by atoms with Gasteiger partial charge in [-0.05, 0) is 72.6 Å². The van der Waals surface area contributed by atoms with E-state index in [9.17, 15) is 9.59 Å². The summed E-state index contributed by atoms with van der Waals surface area (Å²) in [6.45, 7) is 2.21. The molecule has 0 aliphatic heterocycles. The van der Waals surface area contributed by atoms with Crippen molar-refractivity contribution in [3.63, 3.8) is 0 Å². The van der Waals surface area contributed by atoms with Gasteiger partial charge in [-0.25, -0.2) is 0 Å². The Morgan fingerprint density at radius 1 is 0.833 bits per heavy atom. The molecular formula is C24H25N3O3. The van der Waals surface area contributed by atoms with Gasteiger partial charge in [-0.3, -0.25) is 9.59 Å². The molecule has 6 heteroatoms. The molecule has 0 heterocycles. The van der Waals surface area contributed by atoms with E-state index in [1.807, 2.05) is 24.3 Å². The molecule has 0 unspecified atom stereocenters. The second kappa shape index (κ2) is 10.1. The first kappa shape index (κ1) is 20.9. The molecule has 0 radical (unpaired) electrons. The first-order valence-electron chi connectivity index (χ1n) is 9.75. The van der Waals surface area contributed by atoms with Crippen LogP contribution in [0.15, 0.2) is 72.8 Å². The smallest absolute Gasteiger partial charge is 0.255 e. The first-order chi connectivity index (χ1) is 14.6. The van der Waals surface area contributed by atoms with Crippen LogP contribution in [0, 0.1) is 0 Å². The number of ether oxygens (including phenoxy) is 1. The van der Waals surface area contributed by atoms with Crippen molar-refractivity contribution in [1.82, 2.24) is 0 Å². The Morgan fingerprint density at radius 3 is 2.20 bits per heavy atom. The maximum Gasteiger partial charge on any atom is 0.255 e. The number of rotatable bonds is 8. The van der Waals surface area contributed by atoms with Crippen LogP contribution in [0.5, 0.6) is 5.75 Å². The van der Waals surface area contributed by atoms with E-state index in [2.05, 4.69) is 22.9 Å². The molecule has 3 N–H and O–H groups in total. The van der Waals surface area contributed by atoms with E-state index in [0.29, 0.717) is 11.3 Å². The summed E-state index contributed by atoms with van der Waals surface area (Å²) < 4.78 is 5.11. The van der Waals surface area contributed by atoms with Crippen molar-refractivity contribution in [2.24, 2.45) is 0 Å². The van der Waals surface area contributed by atoms with Crippen LogP contribution in [0.3, 0.4) is 0 Å². The molecule has 0 aromatic heterocycles. The lowest BCUT2D eigenvalue weighted by Gasteiger charge is -2.10. The van der Waals surface area contributed by atoms with E-state index >= 15 is 0 Å². The van der Waals surface area contributed by atoms with Gasteiger partial charge in [0.1, 0.15) is 5.75 Å². The fourth-order valence-corrected chi connectivity index (χ4v) is 2.87. The summed E-state index contributed by atoms with van der Waals surface area (Å²) in [4.78, 5) is 24.5. The van der Waals surface area contributed by atoms with Gasteiger partial charge in [0.05, 0.1) is 13.7 Å². The molecule has 3 aromatic carbocycles. The van der Waals surface area contributed by atoms with Gasteiger partial charge in [0.2, 0.25) is 5.91 Å². The third kappa shape index (κ3) is 5.85. The summed E-state index contributed by atoms with van der Waals surface area (Å²) in [5.41, 5.74) is 3.92. The van der Waals surface area contributed by atoms with E-state index in [-0.39, 0.29) is 18.4 Å². The number of carbonyl (C=O) groups excluding carboxylic acids is 2. The second-order valence-electron chi connectivity index (χ2n) is 6.72. The molecule has 0 bridgehead atoms. The maximum atomic E-state index is 12.4. The number of benzene rings is 3. The average Bonchev–Trinajstić information content (AvgIpc) is 2.78. The summed E-state index contributed by atoms with van der Waals surface area (Å²) in [5, 5.41) is 8.78. The summed E-state index contributed by atoms with van der Waals surface area (Å²) >= 11 is 0. The lowest BCUT2D eigenvalue weighted by Crippen LogP contribution is -2.21. The van der Waals surface area contributed by atoms with Crippen molar-refractivity contribution in [3.05, 3.63) is 83.9 Å². The fourth-order valence-electron chi connectivity index (χ4n) is 2.87. The standard InChI is InChI=1S/C24H25N3O3/c1-3-17-5-4-6-21(15-17)26-23(28)16-25-19-9-7-18(8-10-19)24(29)27-20-11-13-22(30-2)14-12-20/h4-15,25H,3,16H2,1-2H3,(H,26,28)(H,27,29). The molecule has 3 rings (SSSR count). The number of aryl methyl sites for hydroxylation is 1. The van der Waals surface area contributed by atoms with Crippen molar-refractivity contribution in [2.45, 2.75) is 13.3 Å². The van der Waals surface area contributed by atoms with Crippen molar-refractivity contribution in [3.8, 4) is 5.75 Å². The van der Waals surface area contributed by atoms with Crippen LogP contribution >= 0.6 is 0 Å². The molecule has 0 atom stereocenters. The number of hydrogen-bond acceptors (Lipinski definition) is 4. The molecular weight excluding hydrogens is 378 g/mol. The minimum absolute atomic E-state index is 0.133. The van der Waals surface area contributed by atoms with Gasteiger partial charge in [0, 0.05) is 22.6 Å². The Bertz CT molecular complexity index is 999. The predicted octanol–water partition coefficient (Wildman–Crippen LogP) is 4.56. The number of methoxy groups -OCH3 is 1. The highest BCUT2D eigenvalue weighted by Crippen LogP contribution is 2.17. The lowest BCUT2D eigenvalue weighted by atomic mass is 10.1. The van der Waals surface area contributed by atoms with Crippen molar-refractivity contribution in [2.75, 3.05) is 29.6 Å². The molecule has 154 valence electrons. The summed E-state index contributed by atoms with van der Waals surface area (Å²) in [6.07, 6.45) is 0.917. The highest BCUT2D eigenvalue weighted by molar-refractivity contribution is 6.04. The number of amides is 2. The van der Waals surface area contributed by atoms with Crippen LogP contribution < -0.4 is 20.7 Å². The highest BCUT2D eigenvalue weighted by atomic mass is 16.5. The van der Waals surface area contributed by atoms with Crippen LogP contribution in [-0.2, 0) is 11.2 Å². The summed E-state index contributed by atoms with van der Waals surface area (Å²) in [7, 11) is 1.59. The molecule has 0 fully saturated rings. The number of anilines is 3. The Morgan fingerprint density at radius 2 is 1.53 bits per heavy atom.